The first-order valence-corrected chi connectivity index (χ1v) is 8.01. The van der Waals surface area contributed by atoms with Gasteiger partial charge in [-0.3, -0.25) is 9.89 Å². The monoisotopic (exact) mass is 290 g/mol. The number of nitrogens with zero attached hydrogens (tertiary/aromatic N) is 2. The molecule has 0 saturated heterocycles. The lowest BCUT2D eigenvalue weighted by atomic mass is 10.1. The molecule has 0 fully saturated rings. The van der Waals surface area contributed by atoms with Gasteiger partial charge < -0.3 is 5.32 Å². The molecule has 1 aromatic rings. The Morgan fingerprint density at radius 1 is 1.19 bits per heavy atom. The van der Waals surface area contributed by atoms with Gasteiger partial charge in [0.2, 0.25) is 5.91 Å². The number of unbranched alkanes of at least 4 members (excludes halogenated alkanes) is 8. The SMILES string of the molecule is CCCCCCCCCCCC(=O)Nc1[nH]ncc1C#N. The number of carbonyl (C=O) groups is 1. The van der Waals surface area contributed by atoms with Gasteiger partial charge in [0.25, 0.3) is 0 Å². The summed E-state index contributed by atoms with van der Waals surface area (Å²) in [5.41, 5.74) is 0.371. The molecular formula is C16H26N4O. The average Bonchev–Trinajstić information content (AvgIpc) is 2.92. The van der Waals surface area contributed by atoms with Crippen LogP contribution in [0.15, 0.2) is 6.20 Å². The molecule has 116 valence electrons. The van der Waals surface area contributed by atoms with Crippen LogP contribution in [-0.2, 0) is 4.79 Å². The number of anilines is 1. The highest BCUT2D eigenvalue weighted by molar-refractivity contribution is 5.90. The van der Waals surface area contributed by atoms with Crippen LogP contribution < -0.4 is 5.32 Å². The Bertz CT molecular complexity index is 447. The molecule has 0 aliphatic heterocycles. The maximum Gasteiger partial charge on any atom is 0.225 e. The number of amides is 1. The van der Waals surface area contributed by atoms with Gasteiger partial charge in [-0.15, -0.1) is 0 Å². The van der Waals surface area contributed by atoms with E-state index >= 15 is 0 Å². The van der Waals surface area contributed by atoms with E-state index in [1.165, 1.54) is 51.1 Å². The van der Waals surface area contributed by atoms with Crippen molar-refractivity contribution >= 4 is 11.7 Å². The average molecular weight is 290 g/mol. The van der Waals surface area contributed by atoms with Crippen molar-refractivity contribution in [3.8, 4) is 6.07 Å². The van der Waals surface area contributed by atoms with Crippen LogP contribution in [0.2, 0.25) is 0 Å². The van der Waals surface area contributed by atoms with E-state index in [1.807, 2.05) is 6.07 Å². The molecule has 0 unspecified atom stereocenters. The summed E-state index contributed by atoms with van der Waals surface area (Å²) < 4.78 is 0. The number of aromatic nitrogens is 2. The third-order valence-electron chi connectivity index (χ3n) is 3.53. The lowest BCUT2D eigenvalue weighted by Crippen LogP contribution is -2.12. The number of nitrogens with one attached hydrogen (secondary N) is 2. The fourth-order valence-corrected chi connectivity index (χ4v) is 2.26. The molecular weight excluding hydrogens is 264 g/mol. The minimum absolute atomic E-state index is 0.0568. The Morgan fingerprint density at radius 3 is 2.43 bits per heavy atom. The number of hydrogen-bond acceptors (Lipinski definition) is 3. The Balaban J connectivity index is 2.00. The third kappa shape index (κ3) is 7.50. The van der Waals surface area contributed by atoms with E-state index < -0.39 is 0 Å². The predicted octanol–water partition coefficient (Wildman–Crippen LogP) is 4.14. The van der Waals surface area contributed by atoms with Crippen LogP contribution in [0.25, 0.3) is 0 Å². The number of carbonyl (C=O) groups excluding carboxylic acids is 1. The van der Waals surface area contributed by atoms with Crippen LogP contribution in [0.1, 0.15) is 76.7 Å². The lowest BCUT2D eigenvalue weighted by molar-refractivity contribution is -0.116. The Hall–Kier alpha value is -1.83. The molecule has 0 aromatic carbocycles. The molecule has 0 saturated carbocycles. The fraction of sp³-hybridized carbons (Fsp3) is 0.688. The van der Waals surface area contributed by atoms with E-state index in [4.69, 9.17) is 5.26 Å². The summed E-state index contributed by atoms with van der Waals surface area (Å²) in [5.74, 6) is 0.345. The largest absolute Gasteiger partial charge is 0.310 e. The number of nitriles is 1. The number of rotatable bonds is 11. The first-order chi connectivity index (χ1) is 10.3. The third-order valence-corrected chi connectivity index (χ3v) is 3.53. The van der Waals surface area contributed by atoms with Crippen molar-refractivity contribution in [2.75, 3.05) is 5.32 Å². The molecule has 1 aromatic heterocycles. The van der Waals surface area contributed by atoms with Crippen LogP contribution in [-0.4, -0.2) is 16.1 Å². The highest BCUT2D eigenvalue weighted by Crippen LogP contribution is 2.12. The minimum atomic E-state index is -0.0568. The topological polar surface area (TPSA) is 81.6 Å². The molecule has 0 spiro atoms. The maximum absolute atomic E-state index is 11.7. The summed E-state index contributed by atoms with van der Waals surface area (Å²) in [6, 6.07) is 1.98. The summed E-state index contributed by atoms with van der Waals surface area (Å²) in [6.07, 6.45) is 13.0. The summed E-state index contributed by atoms with van der Waals surface area (Å²) in [5, 5.41) is 17.8. The van der Waals surface area contributed by atoms with Crippen LogP contribution in [0, 0.1) is 11.3 Å². The van der Waals surface area contributed by atoms with Gasteiger partial charge in [-0.25, -0.2) is 0 Å². The van der Waals surface area contributed by atoms with E-state index in [1.54, 1.807) is 0 Å². The van der Waals surface area contributed by atoms with Crippen molar-refractivity contribution in [1.82, 2.24) is 10.2 Å². The summed E-state index contributed by atoms with van der Waals surface area (Å²) in [6.45, 7) is 2.23. The minimum Gasteiger partial charge on any atom is -0.310 e. The predicted molar refractivity (Wildman–Crippen MR) is 83.8 cm³/mol. The van der Waals surface area contributed by atoms with Crippen molar-refractivity contribution in [2.45, 2.75) is 71.1 Å². The van der Waals surface area contributed by atoms with Gasteiger partial charge in [-0.1, -0.05) is 58.3 Å². The van der Waals surface area contributed by atoms with Crippen molar-refractivity contribution in [1.29, 1.82) is 5.26 Å². The lowest BCUT2D eigenvalue weighted by Gasteiger charge is -2.03. The molecule has 1 rings (SSSR count). The van der Waals surface area contributed by atoms with Crippen LogP contribution in [0.4, 0.5) is 5.82 Å². The zero-order chi connectivity index (χ0) is 15.3. The first kappa shape index (κ1) is 17.2. The molecule has 0 aliphatic rings. The second kappa shape index (κ2) is 10.9. The number of H-pyrrole nitrogens is 1. The van der Waals surface area contributed by atoms with Crippen LogP contribution >= 0.6 is 0 Å². The zero-order valence-corrected chi connectivity index (χ0v) is 13.0. The second-order valence-electron chi connectivity index (χ2n) is 5.40. The van der Waals surface area contributed by atoms with E-state index in [2.05, 4.69) is 22.4 Å². The first-order valence-electron chi connectivity index (χ1n) is 8.01. The highest BCUT2D eigenvalue weighted by atomic mass is 16.1. The molecule has 1 heterocycles. The van der Waals surface area contributed by atoms with E-state index in [0.29, 0.717) is 17.8 Å². The van der Waals surface area contributed by atoms with Gasteiger partial charge in [0.1, 0.15) is 17.5 Å². The van der Waals surface area contributed by atoms with Gasteiger partial charge in [-0.2, -0.15) is 10.4 Å². The Labute approximate surface area is 127 Å². The molecule has 21 heavy (non-hydrogen) atoms. The Morgan fingerprint density at radius 2 is 1.81 bits per heavy atom. The molecule has 5 nitrogen and oxygen atoms in total. The molecule has 2 N–H and O–H groups in total. The van der Waals surface area contributed by atoms with Gasteiger partial charge >= 0.3 is 0 Å². The van der Waals surface area contributed by atoms with E-state index in [9.17, 15) is 4.79 Å². The van der Waals surface area contributed by atoms with Crippen molar-refractivity contribution < 1.29 is 4.79 Å². The van der Waals surface area contributed by atoms with Crippen LogP contribution in [0.5, 0.6) is 0 Å². The highest BCUT2D eigenvalue weighted by Gasteiger charge is 2.08. The van der Waals surface area contributed by atoms with Gasteiger partial charge in [-0.05, 0) is 6.42 Å². The molecule has 1 amide bonds. The quantitative estimate of drug-likeness (QED) is 0.601. The number of aromatic amines is 1. The fourth-order valence-electron chi connectivity index (χ4n) is 2.26. The second-order valence-corrected chi connectivity index (χ2v) is 5.40. The standard InChI is InChI=1S/C16H26N4O/c1-2-3-4-5-6-7-8-9-10-11-15(21)19-16-14(12-17)13-18-20-16/h13H,2-11H2,1H3,(H2,18,19,20,21). The summed E-state index contributed by atoms with van der Waals surface area (Å²) in [7, 11) is 0. The van der Waals surface area contributed by atoms with E-state index in [0.717, 1.165) is 12.8 Å². The summed E-state index contributed by atoms with van der Waals surface area (Å²) in [4.78, 5) is 11.7. The summed E-state index contributed by atoms with van der Waals surface area (Å²) >= 11 is 0. The molecule has 0 bridgehead atoms. The number of hydrogen-bond donors (Lipinski definition) is 2. The van der Waals surface area contributed by atoms with Gasteiger partial charge in [0.15, 0.2) is 0 Å². The zero-order valence-electron chi connectivity index (χ0n) is 13.0. The molecule has 0 atom stereocenters. The smallest absolute Gasteiger partial charge is 0.225 e. The molecule has 0 aliphatic carbocycles. The van der Waals surface area contributed by atoms with Gasteiger partial charge in [0.05, 0.1) is 6.20 Å². The van der Waals surface area contributed by atoms with Gasteiger partial charge in [0, 0.05) is 6.42 Å². The Kier molecular flexibility index (Phi) is 8.94. The van der Waals surface area contributed by atoms with Crippen molar-refractivity contribution in [2.24, 2.45) is 0 Å². The molecule has 5 heteroatoms. The normalized spacial score (nSPS) is 10.3. The molecule has 0 radical (unpaired) electrons. The van der Waals surface area contributed by atoms with Crippen molar-refractivity contribution in [3.63, 3.8) is 0 Å². The van der Waals surface area contributed by atoms with Crippen LogP contribution in [0.3, 0.4) is 0 Å². The maximum atomic E-state index is 11.7. The van der Waals surface area contributed by atoms with Crippen molar-refractivity contribution in [3.05, 3.63) is 11.8 Å². The van der Waals surface area contributed by atoms with E-state index in [-0.39, 0.29) is 5.91 Å².